The van der Waals surface area contributed by atoms with E-state index in [2.05, 4.69) is 25.9 Å². The molecule has 0 saturated carbocycles. The number of halogens is 4. The van der Waals surface area contributed by atoms with Gasteiger partial charge in [-0.25, -0.2) is 9.97 Å². The fourth-order valence-electron chi connectivity index (χ4n) is 2.41. The molecule has 0 aliphatic rings. The Morgan fingerprint density at radius 3 is 2.43 bits per heavy atom. The first-order chi connectivity index (χ1) is 14.1. The molecule has 0 bridgehead atoms. The summed E-state index contributed by atoms with van der Waals surface area (Å²) in [6, 6.07) is 12.5. The highest BCUT2D eigenvalue weighted by Gasteiger charge is 2.34. The molecule has 1 heterocycles. The van der Waals surface area contributed by atoms with Gasteiger partial charge in [-0.3, -0.25) is 14.9 Å². The van der Waals surface area contributed by atoms with Crippen LogP contribution >= 0.6 is 27.7 Å². The van der Waals surface area contributed by atoms with Gasteiger partial charge in [0.1, 0.15) is 5.69 Å². The third kappa shape index (κ3) is 5.42. The van der Waals surface area contributed by atoms with Crippen LogP contribution in [0, 0.1) is 10.1 Å². The lowest BCUT2D eigenvalue weighted by Crippen LogP contribution is -2.11. The number of ketones is 1. The number of nitro groups is 1. The van der Waals surface area contributed by atoms with Crippen LogP contribution in [0.5, 0.6) is 0 Å². The Morgan fingerprint density at radius 2 is 1.80 bits per heavy atom. The zero-order valence-electron chi connectivity index (χ0n) is 14.9. The lowest BCUT2D eigenvalue weighted by Gasteiger charge is -2.10. The van der Waals surface area contributed by atoms with Crippen LogP contribution in [0.4, 0.5) is 18.9 Å². The zero-order valence-corrected chi connectivity index (χ0v) is 17.3. The Bertz CT molecular complexity index is 1110. The van der Waals surface area contributed by atoms with Crippen molar-refractivity contribution in [3.05, 3.63) is 80.4 Å². The molecule has 3 rings (SSSR count). The first-order valence-electron chi connectivity index (χ1n) is 8.26. The lowest BCUT2D eigenvalue weighted by molar-refractivity contribution is -0.384. The summed E-state index contributed by atoms with van der Waals surface area (Å²) in [5.74, 6) is -0.766. The van der Waals surface area contributed by atoms with Gasteiger partial charge >= 0.3 is 6.18 Å². The highest BCUT2D eigenvalue weighted by molar-refractivity contribution is 9.10. The number of nitrogens with zero attached hydrogens (tertiary/aromatic N) is 3. The first kappa shape index (κ1) is 21.9. The third-order valence-corrected chi connectivity index (χ3v) is 5.22. The number of benzene rings is 2. The summed E-state index contributed by atoms with van der Waals surface area (Å²) in [5, 5.41) is 10.6. The second kappa shape index (κ2) is 8.92. The molecule has 154 valence electrons. The molecule has 6 nitrogen and oxygen atoms in total. The fraction of sp³-hybridized carbons (Fsp3) is 0.105. The van der Waals surface area contributed by atoms with Gasteiger partial charge in [-0.15, -0.1) is 0 Å². The second-order valence-corrected chi connectivity index (χ2v) is 7.80. The van der Waals surface area contributed by atoms with Crippen molar-refractivity contribution < 1.29 is 22.9 Å². The highest BCUT2D eigenvalue weighted by atomic mass is 79.9. The summed E-state index contributed by atoms with van der Waals surface area (Å²) in [6.07, 6.45) is -4.69. The maximum absolute atomic E-state index is 13.3. The van der Waals surface area contributed by atoms with Gasteiger partial charge in [-0.2, -0.15) is 13.2 Å². The molecule has 1 aromatic heterocycles. The van der Waals surface area contributed by atoms with Crippen LogP contribution in [0.15, 0.2) is 64.2 Å². The SMILES string of the molecule is O=C(CSc1nc(-c2ccc(Br)cc2)cc(C(F)(F)F)n1)c1cccc([N+](=O)[O-])c1. The van der Waals surface area contributed by atoms with E-state index in [0.717, 1.165) is 28.4 Å². The average Bonchev–Trinajstić information content (AvgIpc) is 2.71. The maximum Gasteiger partial charge on any atom is 0.433 e. The van der Waals surface area contributed by atoms with Gasteiger partial charge in [0.05, 0.1) is 16.4 Å². The van der Waals surface area contributed by atoms with E-state index >= 15 is 0 Å². The molecule has 0 fully saturated rings. The van der Waals surface area contributed by atoms with Crippen LogP contribution in [0.1, 0.15) is 16.1 Å². The van der Waals surface area contributed by atoms with Crippen molar-refractivity contribution in [2.75, 3.05) is 5.75 Å². The number of nitro benzene ring substituents is 1. The van der Waals surface area contributed by atoms with Gasteiger partial charge < -0.3 is 0 Å². The van der Waals surface area contributed by atoms with Crippen LogP contribution in [0.2, 0.25) is 0 Å². The number of carbonyl (C=O) groups is 1. The molecule has 0 unspecified atom stereocenters. The van der Waals surface area contributed by atoms with E-state index in [-0.39, 0.29) is 27.9 Å². The molecule has 3 aromatic rings. The third-order valence-electron chi connectivity index (χ3n) is 3.85. The Labute approximate surface area is 180 Å². The molecule has 0 amide bonds. The number of aromatic nitrogens is 2. The number of Topliss-reactive ketones (excluding diaryl/α,β-unsaturated/α-hetero) is 1. The summed E-state index contributed by atoms with van der Waals surface area (Å²) in [6.45, 7) is 0. The van der Waals surface area contributed by atoms with Crippen molar-refractivity contribution >= 4 is 39.2 Å². The van der Waals surface area contributed by atoms with Crippen LogP contribution in [0.25, 0.3) is 11.3 Å². The zero-order chi connectivity index (χ0) is 21.9. The summed E-state index contributed by atoms with van der Waals surface area (Å²) in [5.41, 5.74) is -0.774. The number of carbonyl (C=O) groups excluding carboxylic acids is 1. The van der Waals surface area contributed by atoms with Crippen molar-refractivity contribution in [3.8, 4) is 11.3 Å². The molecular weight excluding hydrogens is 487 g/mol. The molecular formula is C19H11BrF3N3O3S. The van der Waals surface area contributed by atoms with Crippen LogP contribution in [-0.2, 0) is 6.18 Å². The number of thioether (sulfide) groups is 1. The van der Waals surface area contributed by atoms with E-state index in [1.54, 1.807) is 24.3 Å². The minimum Gasteiger partial charge on any atom is -0.293 e. The molecule has 0 spiro atoms. The molecule has 11 heteroatoms. The minimum absolute atomic E-state index is 0.0649. The molecule has 0 aliphatic carbocycles. The van der Waals surface area contributed by atoms with E-state index < -0.39 is 22.6 Å². The standard InChI is InChI=1S/C19H11BrF3N3O3S/c20-13-6-4-11(5-7-13)15-9-17(19(21,22)23)25-18(24-15)30-10-16(27)12-2-1-3-14(8-12)26(28)29/h1-9H,10H2. The molecule has 0 saturated heterocycles. The van der Waals surface area contributed by atoms with Crippen molar-refractivity contribution in [3.63, 3.8) is 0 Å². The Balaban J connectivity index is 1.87. The van der Waals surface area contributed by atoms with Crippen molar-refractivity contribution in [1.82, 2.24) is 9.97 Å². The van der Waals surface area contributed by atoms with Crippen molar-refractivity contribution in [2.24, 2.45) is 0 Å². The van der Waals surface area contributed by atoms with E-state index in [9.17, 15) is 28.1 Å². The van der Waals surface area contributed by atoms with Gasteiger partial charge in [0.15, 0.2) is 10.9 Å². The van der Waals surface area contributed by atoms with Gasteiger partial charge in [0.2, 0.25) is 0 Å². The highest BCUT2D eigenvalue weighted by Crippen LogP contribution is 2.32. The predicted molar refractivity (Wildman–Crippen MR) is 108 cm³/mol. The Morgan fingerprint density at radius 1 is 1.10 bits per heavy atom. The molecule has 0 aliphatic heterocycles. The normalized spacial score (nSPS) is 11.3. The number of hydrogen-bond donors (Lipinski definition) is 0. The summed E-state index contributed by atoms with van der Waals surface area (Å²) < 4.78 is 40.6. The largest absolute Gasteiger partial charge is 0.433 e. The minimum atomic E-state index is -4.69. The second-order valence-electron chi connectivity index (χ2n) is 5.94. The number of non-ortho nitro benzene ring substituents is 1. The number of alkyl halides is 3. The smallest absolute Gasteiger partial charge is 0.293 e. The maximum atomic E-state index is 13.3. The van der Waals surface area contributed by atoms with E-state index in [4.69, 9.17) is 0 Å². The topological polar surface area (TPSA) is 86.0 Å². The number of rotatable bonds is 6. The van der Waals surface area contributed by atoms with Crippen LogP contribution in [0.3, 0.4) is 0 Å². The van der Waals surface area contributed by atoms with Crippen LogP contribution in [-0.4, -0.2) is 26.4 Å². The fourth-order valence-corrected chi connectivity index (χ4v) is 3.43. The van der Waals surface area contributed by atoms with Gasteiger partial charge in [0, 0.05) is 27.7 Å². The molecule has 0 radical (unpaired) electrons. The van der Waals surface area contributed by atoms with E-state index in [1.807, 2.05) is 0 Å². The van der Waals surface area contributed by atoms with Crippen molar-refractivity contribution in [1.29, 1.82) is 0 Å². The Hall–Kier alpha value is -2.79. The molecule has 0 atom stereocenters. The van der Waals surface area contributed by atoms with Gasteiger partial charge in [-0.05, 0) is 18.2 Å². The summed E-state index contributed by atoms with van der Waals surface area (Å²) in [4.78, 5) is 30.2. The Kier molecular flexibility index (Phi) is 6.52. The molecule has 2 aromatic carbocycles. The van der Waals surface area contributed by atoms with Crippen LogP contribution < -0.4 is 0 Å². The van der Waals surface area contributed by atoms with E-state index in [1.165, 1.54) is 18.2 Å². The summed E-state index contributed by atoms with van der Waals surface area (Å²) >= 11 is 3.99. The van der Waals surface area contributed by atoms with Gasteiger partial charge in [0.25, 0.3) is 5.69 Å². The predicted octanol–water partition coefficient (Wildman–Crippen LogP) is 5.81. The molecule has 30 heavy (non-hydrogen) atoms. The average molecular weight is 498 g/mol. The monoisotopic (exact) mass is 497 g/mol. The quantitative estimate of drug-likeness (QED) is 0.140. The van der Waals surface area contributed by atoms with Crippen molar-refractivity contribution in [2.45, 2.75) is 11.3 Å². The first-order valence-corrected chi connectivity index (χ1v) is 10.0. The summed E-state index contributed by atoms with van der Waals surface area (Å²) in [7, 11) is 0. The lowest BCUT2D eigenvalue weighted by atomic mass is 10.1. The number of hydrogen-bond acceptors (Lipinski definition) is 6. The molecule has 0 N–H and O–H groups in total. The van der Waals surface area contributed by atoms with Gasteiger partial charge in [-0.1, -0.05) is 52.0 Å². The van der Waals surface area contributed by atoms with E-state index in [0.29, 0.717) is 5.56 Å².